The van der Waals surface area contributed by atoms with E-state index in [0.717, 1.165) is 49.3 Å². The molecule has 0 radical (unpaired) electrons. The smallest absolute Gasteiger partial charge is 0.251 e. The summed E-state index contributed by atoms with van der Waals surface area (Å²) < 4.78 is 1.99. The summed E-state index contributed by atoms with van der Waals surface area (Å²) in [4.78, 5) is 27.0. The zero-order valence-electron chi connectivity index (χ0n) is 15.8. The van der Waals surface area contributed by atoms with Gasteiger partial charge in [0.25, 0.3) is 5.91 Å². The van der Waals surface area contributed by atoms with Crippen molar-refractivity contribution in [3.8, 4) is 0 Å². The molecule has 1 N–H and O–H groups in total. The highest BCUT2D eigenvalue weighted by Crippen LogP contribution is 2.29. The van der Waals surface area contributed by atoms with E-state index in [0.29, 0.717) is 24.6 Å². The lowest BCUT2D eigenvalue weighted by Crippen LogP contribution is -2.38. The summed E-state index contributed by atoms with van der Waals surface area (Å²) in [5.41, 5.74) is 3.54. The summed E-state index contributed by atoms with van der Waals surface area (Å²) in [6.45, 7) is 4.56. The number of aryl methyl sites for hydroxylation is 2. The number of aromatic nitrogens is 2. The third-order valence-electron chi connectivity index (χ3n) is 5.65. The number of nitrogens with zero attached hydrogens (tertiary/aromatic N) is 3. The minimum atomic E-state index is -0.0851. The molecule has 2 aromatic rings. The average Bonchev–Trinajstić information content (AvgIpc) is 2.88. The molecule has 1 aliphatic heterocycles. The van der Waals surface area contributed by atoms with Crippen molar-refractivity contribution in [1.29, 1.82) is 0 Å². The monoisotopic (exact) mass is 366 g/mol. The molecule has 1 aromatic carbocycles. The third kappa shape index (κ3) is 3.75. The van der Waals surface area contributed by atoms with Gasteiger partial charge in [-0.3, -0.25) is 14.3 Å². The van der Waals surface area contributed by atoms with Crippen LogP contribution >= 0.6 is 0 Å². The highest BCUT2D eigenvalue weighted by atomic mass is 16.2. The van der Waals surface area contributed by atoms with Crippen molar-refractivity contribution in [2.75, 3.05) is 6.54 Å². The van der Waals surface area contributed by atoms with Gasteiger partial charge in [0.05, 0.1) is 24.5 Å². The lowest BCUT2D eigenvalue weighted by atomic mass is 9.84. The molecule has 1 aromatic heterocycles. The van der Waals surface area contributed by atoms with E-state index in [4.69, 9.17) is 0 Å². The summed E-state index contributed by atoms with van der Waals surface area (Å²) in [6.07, 6.45) is 4.16. The van der Waals surface area contributed by atoms with E-state index in [1.54, 1.807) is 0 Å². The molecule has 2 aliphatic rings. The van der Waals surface area contributed by atoms with E-state index >= 15 is 0 Å². The summed E-state index contributed by atoms with van der Waals surface area (Å²) in [6, 6.07) is 9.58. The van der Waals surface area contributed by atoms with Crippen molar-refractivity contribution in [3.05, 3.63) is 52.8 Å². The van der Waals surface area contributed by atoms with Gasteiger partial charge in [0.1, 0.15) is 0 Å². The molecule has 0 atom stereocenters. The zero-order valence-corrected chi connectivity index (χ0v) is 15.8. The average molecular weight is 366 g/mol. The summed E-state index contributed by atoms with van der Waals surface area (Å²) in [7, 11) is 0. The first-order chi connectivity index (χ1) is 13.1. The van der Waals surface area contributed by atoms with Crippen LogP contribution in [0.1, 0.15) is 53.0 Å². The zero-order chi connectivity index (χ0) is 18.8. The first-order valence-electron chi connectivity index (χ1n) is 9.80. The first kappa shape index (κ1) is 17.8. The van der Waals surface area contributed by atoms with Crippen LogP contribution in [0.2, 0.25) is 0 Å². The Morgan fingerprint density at radius 1 is 1.19 bits per heavy atom. The van der Waals surface area contributed by atoms with Crippen molar-refractivity contribution in [2.24, 2.45) is 5.92 Å². The standard InChI is InChI=1S/C21H26N4O2/c1-15-6-2-3-9-19(15)20(26)22-13-17-12-18-14-24(10-5-11-25(18)23-17)21(27)16-7-4-8-16/h2-3,6,9,12,16H,4-5,7-8,10-11,13-14H2,1H3,(H,22,26). The molecule has 0 unspecified atom stereocenters. The molecule has 1 saturated carbocycles. The fourth-order valence-corrected chi connectivity index (χ4v) is 3.80. The van der Waals surface area contributed by atoms with Crippen LogP contribution in [-0.2, 0) is 24.4 Å². The van der Waals surface area contributed by atoms with E-state index in [1.807, 2.05) is 46.8 Å². The molecule has 0 bridgehead atoms. The second kappa shape index (κ2) is 7.55. The van der Waals surface area contributed by atoms with Crippen LogP contribution in [0.5, 0.6) is 0 Å². The van der Waals surface area contributed by atoms with Crippen molar-refractivity contribution in [2.45, 2.75) is 52.2 Å². The highest BCUT2D eigenvalue weighted by molar-refractivity contribution is 5.95. The van der Waals surface area contributed by atoms with Gasteiger partial charge in [0, 0.05) is 24.6 Å². The van der Waals surface area contributed by atoms with Crippen LogP contribution in [0.15, 0.2) is 30.3 Å². The Balaban J connectivity index is 1.41. The van der Waals surface area contributed by atoms with Gasteiger partial charge in [0.15, 0.2) is 0 Å². The van der Waals surface area contributed by atoms with Crippen LogP contribution < -0.4 is 5.32 Å². The fraction of sp³-hybridized carbons (Fsp3) is 0.476. The second-order valence-corrected chi connectivity index (χ2v) is 7.59. The molecule has 142 valence electrons. The van der Waals surface area contributed by atoms with Crippen LogP contribution in [-0.4, -0.2) is 33.0 Å². The summed E-state index contributed by atoms with van der Waals surface area (Å²) >= 11 is 0. The number of hydrogen-bond donors (Lipinski definition) is 1. The Hall–Kier alpha value is -2.63. The van der Waals surface area contributed by atoms with Crippen molar-refractivity contribution in [1.82, 2.24) is 20.0 Å². The van der Waals surface area contributed by atoms with E-state index in [1.165, 1.54) is 6.42 Å². The Kier molecular flexibility index (Phi) is 4.97. The fourth-order valence-electron chi connectivity index (χ4n) is 3.80. The van der Waals surface area contributed by atoms with Crippen LogP contribution in [0.4, 0.5) is 0 Å². The Morgan fingerprint density at radius 3 is 2.74 bits per heavy atom. The highest BCUT2D eigenvalue weighted by Gasteiger charge is 2.30. The molecule has 2 heterocycles. The molecule has 0 saturated heterocycles. The SMILES string of the molecule is Cc1ccccc1C(=O)NCc1cc2n(n1)CCCN(C(=O)C1CCC1)C2. The topological polar surface area (TPSA) is 67.2 Å². The third-order valence-corrected chi connectivity index (χ3v) is 5.65. The van der Waals surface area contributed by atoms with Gasteiger partial charge >= 0.3 is 0 Å². The number of carbonyl (C=O) groups is 2. The predicted molar refractivity (Wildman–Crippen MR) is 102 cm³/mol. The molecular formula is C21H26N4O2. The maximum Gasteiger partial charge on any atom is 0.251 e. The molecule has 4 rings (SSSR count). The predicted octanol–water partition coefficient (Wildman–Crippen LogP) is 2.65. The molecular weight excluding hydrogens is 340 g/mol. The Bertz CT molecular complexity index is 854. The molecule has 1 fully saturated rings. The lowest BCUT2D eigenvalue weighted by molar-refractivity contribution is -0.138. The molecule has 0 spiro atoms. The van der Waals surface area contributed by atoms with Gasteiger partial charge in [-0.1, -0.05) is 24.6 Å². The largest absolute Gasteiger partial charge is 0.346 e. The Morgan fingerprint density at radius 2 is 2.00 bits per heavy atom. The number of rotatable bonds is 4. The van der Waals surface area contributed by atoms with Gasteiger partial charge < -0.3 is 10.2 Å². The summed E-state index contributed by atoms with van der Waals surface area (Å²) in [5.74, 6) is 0.440. The van der Waals surface area contributed by atoms with Crippen LogP contribution in [0.3, 0.4) is 0 Å². The van der Waals surface area contributed by atoms with E-state index < -0.39 is 0 Å². The number of nitrogens with one attached hydrogen (secondary N) is 1. The normalized spacial score (nSPS) is 17.0. The van der Waals surface area contributed by atoms with Crippen molar-refractivity contribution < 1.29 is 9.59 Å². The number of fused-ring (bicyclic) bond motifs is 1. The summed E-state index contributed by atoms with van der Waals surface area (Å²) in [5, 5.41) is 7.59. The van der Waals surface area contributed by atoms with Gasteiger partial charge in [-0.15, -0.1) is 0 Å². The number of amides is 2. The van der Waals surface area contributed by atoms with Gasteiger partial charge in [0.2, 0.25) is 5.91 Å². The number of hydrogen-bond acceptors (Lipinski definition) is 3. The van der Waals surface area contributed by atoms with Crippen molar-refractivity contribution >= 4 is 11.8 Å². The van der Waals surface area contributed by atoms with E-state index in [9.17, 15) is 9.59 Å². The second-order valence-electron chi connectivity index (χ2n) is 7.59. The minimum Gasteiger partial charge on any atom is -0.346 e. The quantitative estimate of drug-likeness (QED) is 0.905. The first-order valence-corrected chi connectivity index (χ1v) is 9.80. The molecule has 6 nitrogen and oxygen atoms in total. The van der Waals surface area contributed by atoms with Gasteiger partial charge in [-0.25, -0.2) is 0 Å². The molecule has 27 heavy (non-hydrogen) atoms. The molecule has 2 amide bonds. The lowest BCUT2D eigenvalue weighted by Gasteiger charge is -2.30. The molecule has 1 aliphatic carbocycles. The maximum atomic E-state index is 12.6. The molecule has 6 heteroatoms. The van der Waals surface area contributed by atoms with E-state index in [2.05, 4.69) is 10.4 Å². The van der Waals surface area contributed by atoms with Crippen molar-refractivity contribution in [3.63, 3.8) is 0 Å². The van der Waals surface area contributed by atoms with Crippen LogP contribution in [0.25, 0.3) is 0 Å². The van der Waals surface area contributed by atoms with Crippen LogP contribution in [0, 0.1) is 12.8 Å². The van der Waals surface area contributed by atoms with Gasteiger partial charge in [-0.2, -0.15) is 5.10 Å². The number of carbonyl (C=O) groups excluding carboxylic acids is 2. The van der Waals surface area contributed by atoms with E-state index in [-0.39, 0.29) is 11.8 Å². The Labute approximate surface area is 159 Å². The maximum absolute atomic E-state index is 12.6. The minimum absolute atomic E-state index is 0.0851. The van der Waals surface area contributed by atoms with Gasteiger partial charge in [-0.05, 0) is 43.9 Å². The number of benzene rings is 1.